The van der Waals surface area contributed by atoms with Gasteiger partial charge in [-0.3, -0.25) is 4.79 Å². The summed E-state index contributed by atoms with van der Waals surface area (Å²) in [7, 11) is 5.13. The predicted molar refractivity (Wildman–Crippen MR) is 117 cm³/mol. The number of fused-ring (bicyclic) bond motifs is 1. The van der Waals surface area contributed by atoms with Crippen LogP contribution in [-0.4, -0.2) is 47.3 Å². The Labute approximate surface area is 181 Å². The first-order valence-electron chi connectivity index (χ1n) is 9.93. The van der Waals surface area contributed by atoms with E-state index in [0.717, 1.165) is 16.9 Å². The van der Waals surface area contributed by atoms with Crippen molar-refractivity contribution in [3.63, 3.8) is 0 Å². The van der Waals surface area contributed by atoms with E-state index in [1.165, 1.54) is 10.4 Å². The smallest absolute Gasteiger partial charge is 0.205 e. The lowest BCUT2D eigenvalue weighted by Gasteiger charge is -2.23. The van der Waals surface area contributed by atoms with Gasteiger partial charge in [0.1, 0.15) is 6.54 Å². The van der Waals surface area contributed by atoms with E-state index in [0.29, 0.717) is 17.3 Å². The van der Waals surface area contributed by atoms with Crippen molar-refractivity contribution >= 4 is 11.5 Å². The van der Waals surface area contributed by atoms with Gasteiger partial charge in [-0.1, -0.05) is 32.0 Å². The molecular weight excluding hydrogens is 394 g/mol. The first-order valence-corrected chi connectivity index (χ1v) is 9.93. The Bertz CT molecular complexity index is 1170. The summed E-state index contributed by atoms with van der Waals surface area (Å²) in [6.45, 7) is 4.25. The van der Waals surface area contributed by atoms with Crippen LogP contribution in [0.4, 0.5) is 5.69 Å². The molecule has 0 radical (unpaired) electrons. The fraction of sp³-hybridized carbons (Fsp3) is 0.304. The Morgan fingerprint density at radius 2 is 1.84 bits per heavy atom. The molecule has 0 aliphatic carbocycles. The van der Waals surface area contributed by atoms with E-state index in [-0.39, 0.29) is 17.7 Å². The van der Waals surface area contributed by atoms with E-state index in [9.17, 15) is 4.79 Å². The molecule has 0 unspecified atom stereocenters. The topological polar surface area (TPSA) is 82.4 Å². The maximum absolute atomic E-state index is 12.8. The van der Waals surface area contributed by atoms with Crippen molar-refractivity contribution in [1.82, 2.24) is 20.2 Å². The molecule has 1 aromatic heterocycles. The van der Waals surface area contributed by atoms with Crippen LogP contribution in [0.1, 0.15) is 19.4 Å². The fourth-order valence-corrected chi connectivity index (χ4v) is 4.00. The molecule has 2 heterocycles. The lowest BCUT2D eigenvalue weighted by molar-refractivity contribution is -0.115. The van der Waals surface area contributed by atoms with Crippen molar-refractivity contribution in [2.75, 3.05) is 26.2 Å². The van der Waals surface area contributed by atoms with Gasteiger partial charge in [-0.25, -0.2) is 0 Å². The second-order valence-electron chi connectivity index (χ2n) is 7.91. The van der Waals surface area contributed by atoms with Crippen LogP contribution < -0.4 is 14.4 Å². The summed E-state index contributed by atoms with van der Waals surface area (Å²) in [5, 5.41) is 12.5. The number of rotatable bonds is 6. The molecule has 31 heavy (non-hydrogen) atoms. The third kappa shape index (κ3) is 3.65. The van der Waals surface area contributed by atoms with Crippen molar-refractivity contribution in [2.45, 2.75) is 25.8 Å². The summed E-state index contributed by atoms with van der Waals surface area (Å²) < 4.78 is 10.6. The summed E-state index contributed by atoms with van der Waals surface area (Å²) in [6.07, 6.45) is 1.68. The number of hydrogen-bond acceptors (Lipinski definition) is 7. The third-order valence-corrected chi connectivity index (χ3v) is 5.63. The van der Waals surface area contributed by atoms with Crippen molar-refractivity contribution in [3.8, 4) is 22.9 Å². The van der Waals surface area contributed by atoms with Crippen LogP contribution in [0, 0.1) is 0 Å². The molecule has 1 aliphatic heterocycles. The minimum atomic E-state index is -0.262. The van der Waals surface area contributed by atoms with Crippen molar-refractivity contribution in [2.24, 2.45) is 0 Å². The first-order chi connectivity index (χ1) is 14.8. The highest BCUT2D eigenvalue weighted by Gasteiger charge is 2.38. The highest BCUT2D eigenvalue weighted by Crippen LogP contribution is 2.46. The molecule has 0 N–H and O–H groups in total. The van der Waals surface area contributed by atoms with Gasteiger partial charge >= 0.3 is 0 Å². The number of benzene rings is 2. The number of hydrogen-bond donors (Lipinski definition) is 0. The van der Waals surface area contributed by atoms with Crippen LogP contribution >= 0.6 is 0 Å². The average molecular weight is 419 g/mol. The van der Waals surface area contributed by atoms with Crippen LogP contribution in [0.2, 0.25) is 0 Å². The van der Waals surface area contributed by atoms with E-state index in [4.69, 9.17) is 9.47 Å². The Kier molecular flexibility index (Phi) is 5.22. The molecule has 0 saturated carbocycles. The normalized spacial score (nSPS) is 15.8. The van der Waals surface area contributed by atoms with Crippen molar-refractivity contribution < 1.29 is 14.3 Å². The van der Waals surface area contributed by atoms with Crippen molar-refractivity contribution in [3.05, 3.63) is 59.8 Å². The van der Waals surface area contributed by atoms with E-state index < -0.39 is 0 Å². The molecule has 8 nitrogen and oxygen atoms in total. The lowest BCUT2D eigenvalue weighted by Crippen LogP contribution is -2.25. The van der Waals surface area contributed by atoms with Gasteiger partial charge in [0.25, 0.3) is 0 Å². The SMILES string of the molecule is COc1ccc(-c2nnn(CC(=O)C=C3N(C)c4ccccc4C3(C)C)n2)cc1OC. The van der Waals surface area contributed by atoms with Crippen molar-refractivity contribution in [1.29, 1.82) is 0 Å². The van der Waals surface area contributed by atoms with E-state index in [1.54, 1.807) is 32.4 Å². The molecule has 0 atom stereocenters. The van der Waals surface area contributed by atoms with E-state index in [1.807, 2.05) is 25.2 Å². The molecule has 4 rings (SSSR count). The minimum Gasteiger partial charge on any atom is -0.493 e. The molecule has 2 aromatic carbocycles. The molecule has 3 aromatic rings. The molecule has 8 heteroatoms. The molecular formula is C23H25N5O3. The van der Waals surface area contributed by atoms with E-state index >= 15 is 0 Å². The van der Waals surface area contributed by atoms with Crippen LogP contribution in [-0.2, 0) is 16.8 Å². The van der Waals surface area contributed by atoms with E-state index in [2.05, 4.69) is 46.3 Å². The maximum atomic E-state index is 12.8. The number of tetrazole rings is 1. The summed E-state index contributed by atoms with van der Waals surface area (Å²) in [4.78, 5) is 16.2. The molecule has 1 aliphatic rings. The standard InChI is InChI=1S/C23H25N5O3/c1-23(2)17-8-6-7-9-18(17)27(3)21(23)13-16(29)14-28-25-22(24-26-28)15-10-11-19(30-4)20(12-15)31-5/h6-13H,14H2,1-5H3. The number of methoxy groups -OCH3 is 2. The van der Waals surface area contributed by atoms with Crippen LogP contribution in [0.15, 0.2) is 54.2 Å². The van der Waals surface area contributed by atoms with Gasteiger partial charge in [0.2, 0.25) is 5.82 Å². The second kappa shape index (κ2) is 7.86. The predicted octanol–water partition coefficient (Wildman–Crippen LogP) is 3.24. The summed E-state index contributed by atoms with van der Waals surface area (Å²) in [5.41, 5.74) is 3.72. The van der Waals surface area contributed by atoms with Gasteiger partial charge in [0.05, 0.1) is 14.2 Å². The van der Waals surface area contributed by atoms with Gasteiger partial charge in [-0.05, 0) is 35.0 Å². The number of carbonyl (C=O) groups excluding carboxylic acids is 1. The largest absolute Gasteiger partial charge is 0.493 e. The minimum absolute atomic E-state index is 0.00402. The zero-order valence-corrected chi connectivity index (χ0v) is 18.3. The number of likely N-dealkylation sites (N-methyl/N-ethyl adjacent to an activating group) is 1. The highest BCUT2D eigenvalue weighted by molar-refractivity contribution is 5.92. The van der Waals surface area contributed by atoms with Crippen LogP contribution in [0.25, 0.3) is 11.4 Å². The first kappa shape index (κ1) is 20.6. The Morgan fingerprint density at radius 1 is 1.10 bits per heavy atom. The number of carbonyl (C=O) groups is 1. The molecule has 160 valence electrons. The number of para-hydroxylation sites is 1. The Balaban J connectivity index is 1.54. The highest BCUT2D eigenvalue weighted by atomic mass is 16.5. The van der Waals surface area contributed by atoms with Crippen LogP contribution in [0.5, 0.6) is 11.5 Å². The molecule has 0 fully saturated rings. The number of nitrogens with zero attached hydrogens (tertiary/aromatic N) is 5. The van der Waals surface area contributed by atoms with Gasteiger partial charge in [-0.2, -0.15) is 4.80 Å². The van der Waals surface area contributed by atoms with Gasteiger partial charge < -0.3 is 14.4 Å². The van der Waals surface area contributed by atoms with Gasteiger partial charge in [-0.15, -0.1) is 10.2 Å². The monoisotopic (exact) mass is 419 g/mol. The molecule has 0 amide bonds. The molecule has 0 bridgehead atoms. The average Bonchev–Trinajstić information content (AvgIpc) is 3.31. The maximum Gasteiger partial charge on any atom is 0.205 e. The number of aromatic nitrogens is 4. The number of anilines is 1. The fourth-order valence-electron chi connectivity index (χ4n) is 4.00. The summed E-state index contributed by atoms with van der Waals surface area (Å²) in [6, 6.07) is 13.6. The summed E-state index contributed by atoms with van der Waals surface area (Å²) in [5.74, 6) is 1.50. The lowest BCUT2D eigenvalue weighted by atomic mass is 9.83. The number of allylic oxidation sites excluding steroid dienone is 2. The molecule has 0 spiro atoms. The molecule has 0 saturated heterocycles. The number of ether oxygens (including phenoxy) is 2. The third-order valence-electron chi connectivity index (χ3n) is 5.63. The quantitative estimate of drug-likeness (QED) is 0.567. The number of ketones is 1. The van der Waals surface area contributed by atoms with Gasteiger partial charge in [0.15, 0.2) is 17.3 Å². The Morgan fingerprint density at radius 3 is 2.55 bits per heavy atom. The van der Waals surface area contributed by atoms with Crippen LogP contribution in [0.3, 0.4) is 0 Å². The summed E-state index contributed by atoms with van der Waals surface area (Å²) >= 11 is 0. The van der Waals surface area contributed by atoms with Gasteiger partial charge in [0, 0.05) is 35.5 Å². The second-order valence-corrected chi connectivity index (χ2v) is 7.91. The zero-order valence-electron chi connectivity index (χ0n) is 18.3. The zero-order chi connectivity index (χ0) is 22.2. The Hall–Kier alpha value is -3.68.